The molecule has 0 amide bonds. The molecule has 0 aliphatic heterocycles. The first-order valence-electron chi connectivity index (χ1n) is 4.87. The summed E-state index contributed by atoms with van der Waals surface area (Å²) in [5.74, 6) is 0.220. The highest BCUT2D eigenvalue weighted by atomic mass is 35.5. The van der Waals surface area contributed by atoms with Gasteiger partial charge in [-0.3, -0.25) is 0 Å². The molecule has 0 aliphatic rings. The number of aliphatic hydroxyl groups excluding tert-OH is 1. The number of halogens is 1. The van der Waals surface area contributed by atoms with E-state index >= 15 is 0 Å². The van der Waals surface area contributed by atoms with Crippen molar-refractivity contribution in [3.63, 3.8) is 0 Å². The Hall–Kier alpha value is -0.820. The molecule has 0 atom stereocenters. The van der Waals surface area contributed by atoms with E-state index < -0.39 is 10.0 Å². The second kappa shape index (κ2) is 5.68. The standard InChI is InChI=1S/C10H14ClNO4S/c1-7-5-9(16-2)10(6-8(7)11)17(14,15)12-3-4-13/h5-6,12-13H,3-4H2,1-2H3. The molecule has 0 aromatic heterocycles. The summed E-state index contributed by atoms with van der Waals surface area (Å²) in [6.07, 6.45) is 0. The van der Waals surface area contributed by atoms with Crippen LogP contribution < -0.4 is 9.46 Å². The van der Waals surface area contributed by atoms with Crippen molar-refractivity contribution < 1.29 is 18.3 Å². The van der Waals surface area contributed by atoms with Crippen LogP contribution in [-0.4, -0.2) is 33.8 Å². The summed E-state index contributed by atoms with van der Waals surface area (Å²) >= 11 is 5.89. The van der Waals surface area contributed by atoms with Crippen molar-refractivity contribution in [3.05, 3.63) is 22.7 Å². The van der Waals surface area contributed by atoms with Gasteiger partial charge in [0.15, 0.2) is 0 Å². The van der Waals surface area contributed by atoms with Gasteiger partial charge >= 0.3 is 0 Å². The lowest BCUT2D eigenvalue weighted by molar-refractivity contribution is 0.301. The monoisotopic (exact) mass is 279 g/mol. The van der Waals surface area contributed by atoms with Crippen LogP contribution in [0.25, 0.3) is 0 Å². The Labute approximate surface area is 105 Å². The number of hydrogen-bond acceptors (Lipinski definition) is 4. The molecule has 0 radical (unpaired) electrons. The smallest absolute Gasteiger partial charge is 0.244 e. The Kier molecular flexibility index (Phi) is 4.76. The van der Waals surface area contributed by atoms with Gasteiger partial charge in [-0.25, -0.2) is 13.1 Å². The molecule has 0 bridgehead atoms. The molecule has 0 fully saturated rings. The van der Waals surface area contributed by atoms with Crippen molar-refractivity contribution in [2.45, 2.75) is 11.8 Å². The van der Waals surface area contributed by atoms with E-state index in [-0.39, 0.29) is 23.8 Å². The van der Waals surface area contributed by atoms with E-state index in [1.807, 2.05) is 0 Å². The molecule has 7 heteroatoms. The highest BCUT2D eigenvalue weighted by Gasteiger charge is 2.20. The van der Waals surface area contributed by atoms with E-state index in [4.69, 9.17) is 21.4 Å². The first kappa shape index (κ1) is 14.2. The fourth-order valence-corrected chi connectivity index (χ4v) is 2.69. The third kappa shape index (κ3) is 3.32. The fourth-order valence-electron chi connectivity index (χ4n) is 1.26. The molecule has 0 aliphatic carbocycles. The SMILES string of the molecule is COc1cc(C)c(Cl)cc1S(=O)(=O)NCCO. The van der Waals surface area contributed by atoms with Crippen LogP contribution in [0.4, 0.5) is 0 Å². The van der Waals surface area contributed by atoms with Gasteiger partial charge in [-0.15, -0.1) is 0 Å². The maximum atomic E-state index is 11.9. The first-order valence-corrected chi connectivity index (χ1v) is 6.73. The van der Waals surface area contributed by atoms with Gasteiger partial charge < -0.3 is 9.84 Å². The second-order valence-corrected chi connectivity index (χ2v) is 5.52. The Bertz CT molecular complexity index is 501. The summed E-state index contributed by atoms with van der Waals surface area (Å²) in [6, 6.07) is 2.88. The lowest BCUT2D eigenvalue weighted by Crippen LogP contribution is -2.27. The van der Waals surface area contributed by atoms with Crippen LogP contribution >= 0.6 is 11.6 Å². The third-order valence-electron chi connectivity index (χ3n) is 2.14. The molecule has 0 heterocycles. The van der Waals surface area contributed by atoms with Crippen molar-refractivity contribution in [2.75, 3.05) is 20.3 Å². The summed E-state index contributed by atoms with van der Waals surface area (Å²) in [5, 5.41) is 8.96. The molecule has 5 nitrogen and oxygen atoms in total. The average Bonchev–Trinajstić information content (AvgIpc) is 2.29. The van der Waals surface area contributed by atoms with E-state index in [1.165, 1.54) is 13.2 Å². The van der Waals surface area contributed by atoms with Crippen LogP contribution in [0.15, 0.2) is 17.0 Å². The molecule has 2 N–H and O–H groups in total. The van der Waals surface area contributed by atoms with Gasteiger partial charge in [0.1, 0.15) is 10.6 Å². The van der Waals surface area contributed by atoms with Gasteiger partial charge in [0.25, 0.3) is 0 Å². The molecule has 0 unspecified atom stereocenters. The van der Waals surface area contributed by atoms with Gasteiger partial charge in [0, 0.05) is 11.6 Å². The van der Waals surface area contributed by atoms with Gasteiger partial charge in [0.2, 0.25) is 10.0 Å². The molecule has 1 aromatic carbocycles. The molecule has 96 valence electrons. The number of rotatable bonds is 5. The molecule has 0 spiro atoms. The first-order chi connectivity index (χ1) is 7.92. The molecular weight excluding hydrogens is 266 g/mol. The summed E-state index contributed by atoms with van der Waals surface area (Å²) < 4.78 is 31.0. The average molecular weight is 280 g/mol. The van der Waals surface area contributed by atoms with Crippen molar-refractivity contribution in [2.24, 2.45) is 0 Å². The molecule has 1 aromatic rings. The van der Waals surface area contributed by atoms with Crippen LogP contribution in [0.5, 0.6) is 5.75 Å². The van der Waals surface area contributed by atoms with Crippen LogP contribution in [0, 0.1) is 6.92 Å². The Morgan fingerprint density at radius 1 is 1.47 bits per heavy atom. The lowest BCUT2D eigenvalue weighted by Gasteiger charge is -2.11. The topological polar surface area (TPSA) is 75.6 Å². The maximum absolute atomic E-state index is 11.9. The molecule has 1 rings (SSSR count). The van der Waals surface area contributed by atoms with Gasteiger partial charge in [-0.2, -0.15) is 0 Å². The zero-order valence-corrected chi connectivity index (χ0v) is 11.1. The minimum atomic E-state index is -3.72. The summed E-state index contributed by atoms with van der Waals surface area (Å²) in [6.45, 7) is 1.42. The second-order valence-electron chi connectivity index (χ2n) is 3.37. The zero-order chi connectivity index (χ0) is 13.1. The highest BCUT2D eigenvalue weighted by molar-refractivity contribution is 7.89. The number of methoxy groups -OCH3 is 1. The van der Waals surface area contributed by atoms with Crippen molar-refractivity contribution in [1.82, 2.24) is 4.72 Å². The van der Waals surface area contributed by atoms with Crippen LogP contribution in [0.3, 0.4) is 0 Å². The number of ether oxygens (including phenoxy) is 1. The number of aryl methyl sites for hydroxylation is 1. The lowest BCUT2D eigenvalue weighted by atomic mass is 10.2. The molecule has 0 saturated heterocycles. The number of nitrogens with one attached hydrogen (secondary N) is 1. The van der Waals surface area contributed by atoms with Gasteiger partial charge in [-0.1, -0.05) is 11.6 Å². The minimum Gasteiger partial charge on any atom is -0.495 e. The van der Waals surface area contributed by atoms with Crippen molar-refractivity contribution in [1.29, 1.82) is 0 Å². The normalized spacial score (nSPS) is 11.5. The number of hydrogen-bond donors (Lipinski definition) is 2. The third-order valence-corrected chi connectivity index (χ3v) is 4.03. The van der Waals surface area contributed by atoms with Crippen molar-refractivity contribution >= 4 is 21.6 Å². The zero-order valence-electron chi connectivity index (χ0n) is 9.53. The van der Waals surface area contributed by atoms with E-state index in [9.17, 15) is 8.42 Å². The molecular formula is C10H14ClNO4S. The van der Waals surface area contributed by atoms with Crippen LogP contribution in [-0.2, 0) is 10.0 Å². The van der Waals surface area contributed by atoms with Crippen LogP contribution in [0.1, 0.15) is 5.56 Å². The fraction of sp³-hybridized carbons (Fsp3) is 0.400. The Morgan fingerprint density at radius 2 is 2.12 bits per heavy atom. The summed E-state index contributed by atoms with van der Waals surface area (Å²) in [5.41, 5.74) is 0.727. The van der Waals surface area contributed by atoms with Gasteiger partial charge in [-0.05, 0) is 24.6 Å². The number of aliphatic hydroxyl groups is 1. The summed E-state index contributed by atoms with van der Waals surface area (Å²) in [4.78, 5) is -0.0379. The highest BCUT2D eigenvalue weighted by Crippen LogP contribution is 2.29. The van der Waals surface area contributed by atoms with Crippen molar-refractivity contribution in [3.8, 4) is 5.75 Å². The largest absolute Gasteiger partial charge is 0.495 e. The molecule has 17 heavy (non-hydrogen) atoms. The number of sulfonamides is 1. The van der Waals surface area contributed by atoms with E-state index in [0.29, 0.717) is 5.02 Å². The quantitative estimate of drug-likeness (QED) is 0.841. The maximum Gasteiger partial charge on any atom is 0.244 e. The number of benzene rings is 1. The van der Waals surface area contributed by atoms with E-state index in [0.717, 1.165) is 5.56 Å². The minimum absolute atomic E-state index is 0.0379. The van der Waals surface area contributed by atoms with Gasteiger partial charge in [0.05, 0.1) is 13.7 Å². The Balaban J connectivity index is 3.25. The van der Waals surface area contributed by atoms with E-state index in [2.05, 4.69) is 4.72 Å². The molecule has 0 saturated carbocycles. The predicted octanol–water partition coefficient (Wildman–Crippen LogP) is 0.928. The Morgan fingerprint density at radius 3 is 2.65 bits per heavy atom. The predicted molar refractivity (Wildman–Crippen MR) is 65.0 cm³/mol. The summed E-state index contributed by atoms with van der Waals surface area (Å²) in [7, 11) is -2.34. The van der Waals surface area contributed by atoms with E-state index in [1.54, 1.807) is 13.0 Å². The van der Waals surface area contributed by atoms with Crippen LogP contribution in [0.2, 0.25) is 5.02 Å².